The summed E-state index contributed by atoms with van der Waals surface area (Å²) < 4.78 is 5.58. The first kappa shape index (κ1) is 19.9. The van der Waals surface area contributed by atoms with Gasteiger partial charge >= 0.3 is 0 Å². The lowest BCUT2D eigenvalue weighted by Gasteiger charge is -2.38. The van der Waals surface area contributed by atoms with Crippen LogP contribution in [-0.4, -0.2) is 38.8 Å². The Bertz CT molecular complexity index is 640. The van der Waals surface area contributed by atoms with Gasteiger partial charge in [0.1, 0.15) is 0 Å². The van der Waals surface area contributed by atoms with E-state index >= 15 is 0 Å². The highest BCUT2D eigenvalue weighted by atomic mass is 35.5. The average Bonchev–Trinajstić information content (AvgIpc) is 3.34. The minimum atomic E-state index is -0.0605. The van der Waals surface area contributed by atoms with Crippen molar-refractivity contribution in [1.29, 1.82) is 0 Å². The molecule has 3 aliphatic rings. The summed E-state index contributed by atoms with van der Waals surface area (Å²) >= 11 is 6.22. The van der Waals surface area contributed by atoms with Crippen LogP contribution in [0.1, 0.15) is 37.7 Å². The molecular weight excluding hydrogens is 371 g/mol. The smallest absolute Gasteiger partial charge is 0.223 e. The quantitative estimate of drug-likeness (QED) is 0.817. The summed E-state index contributed by atoms with van der Waals surface area (Å²) in [6.07, 6.45) is 5.19. The number of benzene rings is 1. The molecule has 2 aliphatic heterocycles. The maximum absolute atomic E-state index is 12.8. The molecule has 2 saturated heterocycles. The fraction of sp³-hybridized carbons (Fsp3) is 0.650. The van der Waals surface area contributed by atoms with Crippen LogP contribution >= 0.6 is 24.0 Å². The Hall–Kier alpha value is -0.810. The minimum absolute atomic E-state index is 0. The van der Waals surface area contributed by atoms with E-state index in [1.54, 1.807) is 0 Å². The van der Waals surface area contributed by atoms with E-state index < -0.39 is 0 Å². The van der Waals surface area contributed by atoms with Crippen molar-refractivity contribution in [2.45, 2.75) is 37.5 Å². The lowest BCUT2D eigenvalue weighted by molar-refractivity contribution is -0.123. The van der Waals surface area contributed by atoms with Gasteiger partial charge in [-0.15, -0.1) is 12.4 Å². The van der Waals surface area contributed by atoms with E-state index in [0.29, 0.717) is 6.54 Å². The Morgan fingerprint density at radius 2 is 1.96 bits per heavy atom. The second kappa shape index (κ2) is 8.05. The summed E-state index contributed by atoms with van der Waals surface area (Å²) in [4.78, 5) is 12.8. The number of nitrogens with one attached hydrogen (secondary N) is 2. The highest BCUT2D eigenvalue weighted by Crippen LogP contribution is 2.58. The van der Waals surface area contributed by atoms with Gasteiger partial charge in [-0.1, -0.05) is 23.7 Å². The number of amides is 1. The van der Waals surface area contributed by atoms with Gasteiger partial charge in [-0.05, 0) is 68.3 Å². The zero-order chi connectivity index (χ0) is 17.3. The molecule has 1 aliphatic carbocycles. The number of hydrogen-bond donors (Lipinski definition) is 2. The Balaban J connectivity index is 0.00000196. The molecule has 1 spiro atoms. The van der Waals surface area contributed by atoms with Crippen LogP contribution < -0.4 is 10.6 Å². The van der Waals surface area contributed by atoms with E-state index in [1.165, 1.54) is 5.56 Å². The van der Waals surface area contributed by atoms with Crippen LogP contribution in [-0.2, 0) is 14.9 Å². The molecule has 0 aromatic heterocycles. The van der Waals surface area contributed by atoms with E-state index in [9.17, 15) is 4.79 Å². The van der Waals surface area contributed by atoms with Crippen molar-refractivity contribution in [2.24, 2.45) is 11.3 Å². The maximum Gasteiger partial charge on any atom is 0.223 e. The number of rotatable bonds is 4. The second-order valence-electron chi connectivity index (χ2n) is 7.99. The first-order valence-electron chi connectivity index (χ1n) is 9.46. The summed E-state index contributed by atoms with van der Waals surface area (Å²) in [5, 5.41) is 7.44. The van der Waals surface area contributed by atoms with Gasteiger partial charge < -0.3 is 15.4 Å². The zero-order valence-corrected chi connectivity index (χ0v) is 16.6. The normalized spacial score (nSPS) is 26.0. The van der Waals surface area contributed by atoms with Crippen molar-refractivity contribution in [2.75, 3.05) is 32.8 Å². The van der Waals surface area contributed by atoms with Gasteiger partial charge in [-0.2, -0.15) is 0 Å². The van der Waals surface area contributed by atoms with E-state index in [2.05, 4.69) is 16.7 Å². The van der Waals surface area contributed by atoms with Crippen LogP contribution in [0.4, 0.5) is 0 Å². The fourth-order valence-corrected chi connectivity index (χ4v) is 4.91. The van der Waals surface area contributed by atoms with E-state index in [1.807, 2.05) is 18.2 Å². The summed E-state index contributed by atoms with van der Waals surface area (Å²) in [7, 11) is 0. The Kier molecular flexibility index (Phi) is 6.18. The van der Waals surface area contributed by atoms with Crippen LogP contribution in [0.15, 0.2) is 24.3 Å². The molecule has 1 atom stereocenters. The van der Waals surface area contributed by atoms with Crippen molar-refractivity contribution in [3.8, 4) is 0 Å². The number of carbonyl (C=O) groups is 1. The molecule has 6 heteroatoms. The third-order valence-corrected chi connectivity index (χ3v) is 6.83. The van der Waals surface area contributed by atoms with Gasteiger partial charge in [0.2, 0.25) is 5.91 Å². The molecule has 26 heavy (non-hydrogen) atoms. The number of halogens is 2. The van der Waals surface area contributed by atoms with E-state index in [4.69, 9.17) is 16.3 Å². The van der Waals surface area contributed by atoms with Crippen molar-refractivity contribution in [3.63, 3.8) is 0 Å². The highest BCUT2D eigenvalue weighted by Gasteiger charge is 2.57. The standard InChI is InChI=1S/C20H27ClN2O2.ClH/c21-16-3-1-2-15(12-16)20(6-10-25-11-7-20)14-23-18(24)17-13-19(17)4-8-22-9-5-19;/h1-3,12,17,22H,4-11,13-14H2,(H,23,24);1H. The SMILES string of the molecule is Cl.O=C(NCC1(c2cccc(Cl)c2)CCOCC1)C1CC12CCNCC2. The van der Waals surface area contributed by atoms with E-state index in [-0.39, 0.29) is 35.1 Å². The first-order chi connectivity index (χ1) is 12.1. The number of hydrogen-bond acceptors (Lipinski definition) is 3. The lowest BCUT2D eigenvalue weighted by Crippen LogP contribution is -2.45. The largest absolute Gasteiger partial charge is 0.381 e. The van der Waals surface area contributed by atoms with Crippen LogP contribution in [0, 0.1) is 11.3 Å². The third-order valence-electron chi connectivity index (χ3n) is 6.59. The zero-order valence-electron chi connectivity index (χ0n) is 15.1. The van der Waals surface area contributed by atoms with Gasteiger partial charge in [-0.3, -0.25) is 4.79 Å². The summed E-state index contributed by atoms with van der Waals surface area (Å²) in [5.41, 5.74) is 1.44. The molecular formula is C20H28Cl2N2O2. The van der Waals surface area contributed by atoms with Crippen LogP contribution in [0.2, 0.25) is 5.02 Å². The Morgan fingerprint density at radius 1 is 1.23 bits per heavy atom. The summed E-state index contributed by atoms with van der Waals surface area (Å²) in [5.74, 6) is 0.459. The Labute approximate surface area is 166 Å². The molecule has 144 valence electrons. The fourth-order valence-electron chi connectivity index (χ4n) is 4.72. The van der Waals surface area contributed by atoms with Gasteiger partial charge in [-0.25, -0.2) is 0 Å². The van der Waals surface area contributed by atoms with Crippen molar-refractivity contribution in [1.82, 2.24) is 10.6 Å². The predicted octanol–water partition coefficient (Wildman–Crippen LogP) is 3.32. The van der Waals surface area contributed by atoms with Gasteiger partial charge in [0.05, 0.1) is 0 Å². The van der Waals surface area contributed by atoms with E-state index in [0.717, 1.165) is 63.4 Å². The summed E-state index contributed by atoms with van der Waals surface area (Å²) in [6.45, 7) is 4.25. The monoisotopic (exact) mass is 398 g/mol. The molecule has 0 radical (unpaired) electrons. The minimum Gasteiger partial charge on any atom is -0.381 e. The third kappa shape index (κ3) is 3.89. The number of carbonyl (C=O) groups excluding carboxylic acids is 1. The molecule has 2 N–H and O–H groups in total. The summed E-state index contributed by atoms with van der Waals surface area (Å²) in [6, 6.07) is 8.09. The predicted molar refractivity (Wildman–Crippen MR) is 106 cm³/mol. The molecule has 1 amide bonds. The average molecular weight is 399 g/mol. The van der Waals surface area contributed by atoms with Gasteiger partial charge in [0.25, 0.3) is 0 Å². The maximum atomic E-state index is 12.8. The molecule has 1 aromatic rings. The molecule has 1 unspecified atom stereocenters. The van der Waals surface area contributed by atoms with Gasteiger partial charge in [0, 0.05) is 36.1 Å². The topological polar surface area (TPSA) is 50.4 Å². The number of ether oxygens (including phenoxy) is 1. The molecule has 1 aromatic carbocycles. The molecule has 3 fully saturated rings. The molecule has 0 bridgehead atoms. The molecule has 4 rings (SSSR count). The second-order valence-corrected chi connectivity index (χ2v) is 8.43. The van der Waals surface area contributed by atoms with Gasteiger partial charge in [0.15, 0.2) is 0 Å². The van der Waals surface area contributed by atoms with Crippen molar-refractivity contribution < 1.29 is 9.53 Å². The number of piperidine rings is 1. The first-order valence-corrected chi connectivity index (χ1v) is 9.84. The Morgan fingerprint density at radius 3 is 2.65 bits per heavy atom. The highest BCUT2D eigenvalue weighted by molar-refractivity contribution is 6.30. The lowest BCUT2D eigenvalue weighted by atomic mass is 9.74. The molecule has 4 nitrogen and oxygen atoms in total. The molecule has 2 heterocycles. The molecule has 1 saturated carbocycles. The van der Waals surface area contributed by atoms with Crippen LogP contribution in [0.3, 0.4) is 0 Å². The van der Waals surface area contributed by atoms with Crippen molar-refractivity contribution >= 4 is 29.9 Å². The van der Waals surface area contributed by atoms with Crippen LogP contribution in [0.5, 0.6) is 0 Å². The van der Waals surface area contributed by atoms with Crippen molar-refractivity contribution in [3.05, 3.63) is 34.9 Å². The van der Waals surface area contributed by atoms with Crippen LogP contribution in [0.25, 0.3) is 0 Å².